The summed E-state index contributed by atoms with van der Waals surface area (Å²) in [5.41, 5.74) is 10.6. The fourth-order valence-corrected chi connectivity index (χ4v) is 4.25. The van der Waals surface area contributed by atoms with Crippen LogP contribution in [0, 0.1) is 5.82 Å². The number of nitrogens with zero attached hydrogens (tertiary/aromatic N) is 2. The van der Waals surface area contributed by atoms with Gasteiger partial charge in [0.15, 0.2) is 5.82 Å². The van der Waals surface area contributed by atoms with Crippen molar-refractivity contribution in [2.24, 2.45) is 5.73 Å². The topological polar surface area (TPSA) is 124 Å². The van der Waals surface area contributed by atoms with Crippen molar-refractivity contribution in [2.75, 3.05) is 30.8 Å². The molecule has 4 rings (SSSR count). The van der Waals surface area contributed by atoms with Crippen molar-refractivity contribution in [3.05, 3.63) is 32.8 Å². The van der Waals surface area contributed by atoms with Gasteiger partial charge in [-0.1, -0.05) is 11.6 Å². The Kier molecular flexibility index (Phi) is 4.48. The van der Waals surface area contributed by atoms with Gasteiger partial charge >= 0.3 is 5.97 Å². The maximum Gasteiger partial charge on any atom is 0.341 e. The fraction of sp³-hybridized carbons (Fsp3) is 0.444. The number of ether oxygens (including phenoxy) is 1. The monoisotopic (exact) mass is 410 g/mol. The zero-order chi connectivity index (χ0) is 20.3. The van der Waals surface area contributed by atoms with Gasteiger partial charge < -0.3 is 30.8 Å². The summed E-state index contributed by atoms with van der Waals surface area (Å²) in [4.78, 5) is 25.9. The fourth-order valence-electron chi connectivity index (χ4n) is 3.85. The first-order valence-corrected chi connectivity index (χ1v) is 9.25. The minimum absolute atomic E-state index is 0.0102. The Hall–Kier alpha value is -2.36. The number of rotatable bonds is 4. The summed E-state index contributed by atoms with van der Waals surface area (Å²) in [5, 5.41) is 9.19. The van der Waals surface area contributed by atoms with E-state index in [1.54, 1.807) is 9.47 Å². The molecule has 150 valence electrons. The lowest BCUT2D eigenvalue weighted by Gasteiger charge is -2.24. The normalized spacial score (nSPS) is 22.2. The Morgan fingerprint density at radius 3 is 2.61 bits per heavy atom. The van der Waals surface area contributed by atoms with Gasteiger partial charge in [0.25, 0.3) is 0 Å². The van der Waals surface area contributed by atoms with Crippen LogP contribution in [0.4, 0.5) is 15.8 Å². The van der Waals surface area contributed by atoms with E-state index in [1.807, 2.05) is 0 Å². The molecule has 1 aromatic carbocycles. The summed E-state index contributed by atoms with van der Waals surface area (Å²) in [6, 6.07) is -0.346. The highest BCUT2D eigenvalue weighted by Gasteiger charge is 2.36. The molecule has 2 atom stereocenters. The lowest BCUT2D eigenvalue weighted by atomic mass is 10.1. The maximum absolute atomic E-state index is 15.2. The molecule has 0 unspecified atom stereocenters. The Balaban J connectivity index is 2.03. The Labute approximate surface area is 164 Å². The van der Waals surface area contributed by atoms with E-state index >= 15 is 4.39 Å². The molecule has 8 nitrogen and oxygen atoms in total. The molecule has 1 aliphatic heterocycles. The van der Waals surface area contributed by atoms with Crippen LogP contribution in [0.15, 0.2) is 11.0 Å². The Morgan fingerprint density at radius 2 is 2.07 bits per heavy atom. The Bertz CT molecular complexity index is 1050. The lowest BCUT2D eigenvalue weighted by Crippen LogP contribution is -2.34. The molecule has 5 N–H and O–H groups in total. The van der Waals surface area contributed by atoms with E-state index in [0.717, 1.165) is 12.8 Å². The molecule has 1 saturated heterocycles. The molecule has 28 heavy (non-hydrogen) atoms. The highest BCUT2D eigenvalue weighted by molar-refractivity contribution is 6.38. The second-order valence-electron chi connectivity index (χ2n) is 7.27. The van der Waals surface area contributed by atoms with E-state index < -0.39 is 28.5 Å². The van der Waals surface area contributed by atoms with Gasteiger partial charge in [-0.05, 0) is 12.8 Å². The standard InChI is InChI=1S/C18H20ClFN4O4/c1-28-10-6-23(5-9(10)21)16-12(19)15-11(14(22)13(16)20)17(25)8(18(26)27)4-24(15)7-2-3-7/h4,7,9-10H,2-3,5-6,21-22H2,1H3,(H,26,27)/t9-,10+/m1/s1. The van der Waals surface area contributed by atoms with Crippen LogP contribution in [0.2, 0.25) is 5.02 Å². The van der Waals surface area contributed by atoms with Crippen LogP contribution in [0.5, 0.6) is 0 Å². The molecule has 0 radical (unpaired) electrons. The molecule has 2 aromatic rings. The first-order chi connectivity index (χ1) is 13.3. The van der Waals surface area contributed by atoms with Gasteiger partial charge in [-0.2, -0.15) is 0 Å². The molecule has 2 heterocycles. The number of aromatic nitrogens is 1. The molecule has 1 saturated carbocycles. The number of halogens is 2. The summed E-state index contributed by atoms with van der Waals surface area (Å²) in [7, 11) is 1.53. The predicted molar refractivity (Wildman–Crippen MR) is 104 cm³/mol. The molecule has 2 fully saturated rings. The third-order valence-corrected chi connectivity index (χ3v) is 5.82. The molecule has 1 aliphatic carbocycles. The summed E-state index contributed by atoms with van der Waals surface area (Å²) >= 11 is 6.59. The number of fused-ring (bicyclic) bond motifs is 1. The molecular formula is C18H20ClFN4O4. The second-order valence-corrected chi connectivity index (χ2v) is 7.65. The lowest BCUT2D eigenvalue weighted by molar-refractivity contribution is 0.0695. The van der Waals surface area contributed by atoms with Crippen LogP contribution in [0.3, 0.4) is 0 Å². The first-order valence-electron chi connectivity index (χ1n) is 8.88. The number of pyridine rings is 1. The van der Waals surface area contributed by atoms with Gasteiger partial charge in [0.2, 0.25) is 5.43 Å². The van der Waals surface area contributed by atoms with E-state index in [0.29, 0.717) is 13.1 Å². The number of nitrogens with two attached hydrogens (primary N) is 2. The largest absolute Gasteiger partial charge is 0.477 e. The number of anilines is 2. The third-order valence-electron chi connectivity index (χ3n) is 5.46. The van der Waals surface area contributed by atoms with E-state index in [-0.39, 0.29) is 39.8 Å². The molecule has 0 amide bonds. The minimum Gasteiger partial charge on any atom is -0.477 e. The summed E-state index contributed by atoms with van der Waals surface area (Å²) in [5.74, 6) is -2.25. The summed E-state index contributed by atoms with van der Waals surface area (Å²) < 4.78 is 22.2. The van der Waals surface area contributed by atoms with Crippen LogP contribution in [0.25, 0.3) is 10.9 Å². The predicted octanol–water partition coefficient (Wildman–Crippen LogP) is 1.57. The number of benzene rings is 1. The number of nitrogen functional groups attached to an aromatic ring is 1. The smallest absolute Gasteiger partial charge is 0.341 e. The number of methoxy groups -OCH3 is 1. The van der Waals surface area contributed by atoms with Crippen molar-refractivity contribution in [1.29, 1.82) is 0 Å². The van der Waals surface area contributed by atoms with Gasteiger partial charge in [0.05, 0.1) is 39.4 Å². The number of hydrogen-bond acceptors (Lipinski definition) is 6. The van der Waals surface area contributed by atoms with E-state index in [9.17, 15) is 14.7 Å². The van der Waals surface area contributed by atoms with Crippen molar-refractivity contribution in [2.45, 2.75) is 31.0 Å². The summed E-state index contributed by atoms with van der Waals surface area (Å²) in [6.07, 6.45) is 2.58. The number of aromatic carboxylic acids is 1. The Morgan fingerprint density at radius 1 is 1.39 bits per heavy atom. The van der Waals surface area contributed by atoms with Gasteiger partial charge in [-0.25, -0.2) is 9.18 Å². The van der Waals surface area contributed by atoms with Crippen LogP contribution in [0.1, 0.15) is 29.2 Å². The van der Waals surface area contributed by atoms with Crippen molar-refractivity contribution in [3.8, 4) is 0 Å². The van der Waals surface area contributed by atoms with Gasteiger partial charge in [-0.15, -0.1) is 0 Å². The zero-order valence-corrected chi connectivity index (χ0v) is 15.9. The third kappa shape index (κ3) is 2.73. The SMILES string of the molecule is CO[C@H]1CN(c2c(F)c(N)c3c(=O)c(C(=O)O)cn(C4CC4)c3c2Cl)C[C@H]1N. The van der Waals surface area contributed by atoms with Gasteiger partial charge in [0, 0.05) is 32.4 Å². The van der Waals surface area contributed by atoms with Crippen molar-refractivity contribution in [1.82, 2.24) is 4.57 Å². The zero-order valence-electron chi connectivity index (χ0n) is 15.1. The number of carbonyl (C=O) groups is 1. The van der Waals surface area contributed by atoms with Gasteiger partial charge in [0.1, 0.15) is 5.56 Å². The van der Waals surface area contributed by atoms with E-state index in [2.05, 4.69) is 0 Å². The summed E-state index contributed by atoms with van der Waals surface area (Å²) in [6.45, 7) is 0.626. The number of hydrogen-bond donors (Lipinski definition) is 3. The van der Waals surface area contributed by atoms with Crippen LogP contribution in [-0.4, -0.2) is 48.0 Å². The van der Waals surface area contributed by atoms with Crippen LogP contribution in [-0.2, 0) is 4.74 Å². The highest BCUT2D eigenvalue weighted by Crippen LogP contribution is 2.44. The van der Waals surface area contributed by atoms with E-state index in [4.69, 9.17) is 27.8 Å². The molecule has 0 spiro atoms. The van der Waals surface area contributed by atoms with Crippen molar-refractivity contribution < 1.29 is 19.0 Å². The molecule has 2 aliphatic rings. The van der Waals surface area contributed by atoms with Crippen LogP contribution >= 0.6 is 11.6 Å². The van der Waals surface area contributed by atoms with Crippen LogP contribution < -0.4 is 21.8 Å². The number of carboxylic acid groups (broad SMARTS) is 1. The molecule has 1 aromatic heterocycles. The van der Waals surface area contributed by atoms with E-state index in [1.165, 1.54) is 13.3 Å². The second kappa shape index (κ2) is 6.61. The average molecular weight is 411 g/mol. The number of carboxylic acids is 1. The van der Waals surface area contributed by atoms with Crippen molar-refractivity contribution in [3.63, 3.8) is 0 Å². The van der Waals surface area contributed by atoms with Crippen molar-refractivity contribution >= 4 is 39.8 Å². The molecule has 0 bridgehead atoms. The quantitative estimate of drug-likeness (QED) is 0.653. The highest BCUT2D eigenvalue weighted by atomic mass is 35.5. The molecule has 10 heteroatoms. The van der Waals surface area contributed by atoms with Gasteiger partial charge in [-0.3, -0.25) is 4.79 Å². The molecular weight excluding hydrogens is 391 g/mol. The average Bonchev–Trinajstić information content (AvgIpc) is 3.42. The minimum atomic E-state index is -1.39. The first kappa shape index (κ1) is 19.0. The maximum atomic E-state index is 15.2.